The molecule has 0 heterocycles. The molecule has 0 spiro atoms. The molecule has 3 N–H and O–H groups in total. The number of rotatable bonds is 5. The maximum atomic E-state index is 11.7. The minimum absolute atomic E-state index is 0.0208. The lowest BCUT2D eigenvalue weighted by Crippen LogP contribution is -2.13. The molecule has 0 aliphatic rings. The summed E-state index contributed by atoms with van der Waals surface area (Å²) in [6.07, 6.45) is 1.41. The molecular formula is C13H17BrN2OS. The summed E-state index contributed by atoms with van der Waals surface area (Å²) < 4.78 is 0.783. The fraction of sp³-hybridized carbons (Fsp3) is 0.385. The van der Waals surface area contributed by atoms with Gasteiger partial charge in [0.1, 0.15) is 4.99 Å². The van der Waals surface area contributed by atoms with E-state index in [1.54, 1.807) is 18.2 Å². The maximum absolute atomic E-state index is 11.7. The van der Waals surface area contributed by atoms with Crippen LogP contribution in [0.25, 0.3) is 0 Å². The van der Waals surface area contributed by atoms with Gasteiger partial charge in [0, 0.05) is 16.5 Å². The van der Waals surface area contributed by atoms with E-state index in [1.807, 2.05) is 0 Å². The number of carbonyl (C=O) groups excluding carboxylic acids is 1. The number of anilines is 1. The highest BCUT2D eigenvalue weighted by atomic mass is 79.9. The van der Waals surface area contributed by atoms with Crippen molar-refractivity contribution in [3.8, 4) is 0 Å². The number of carbonyl (C=O) groups is 1. The topological polar surface area (TPSA) is 55.1 Å². The van der Waals surface area contributed by atoms with Gasteiger partial charge in [0.05, 0.1) is 5.69 Å². The first-order valence-corrected chi connectivity index (χ1v) is 6.99. The van der Waals surface area contributed by atoms with Gasteiger partial charge in [-0.15, -0.1) is 0 Å². The van der Waals surface area contributed by atoms with Gasteiger partial charge in [-0.2, -0.15) is 0 Å². The van der Waals surface area contributed by atoms with Crippen LogP contribution in [0, 0.1) is 5.92 Å². The number of hydrogen-bond donors (Lipinski definition) is 2. The standard InChI is InChI=1S/C13H17BrN2OS/c1-8(2)3-6-12(17)16-11-5-4-9(13(15)18)7-10(11)14/h4-5,7-8H,3,6H2,1-2H3,(H2,15,18)(H,16,17). The summed E-state index contributed by atoms with van der Waals surface area (Å²) in [5.41, 5.74) is 7.05. The Bertz CT molecular complexity index is 460. The number of benzene rings is 1. The molecular weight excluding hydrogens is 312 g/mol. The second-order valence-electron chi connectivity index (χ2n) is 4.54. The molecule has 0 aliphatic carbocycles. The highest BCUT2D eigenvalue weighted by Gasteiger charge is 2.08. The van der Waals surface area contributed by atoms with Gasteiger partial charge >= 0.3 is 0 Å². The van der Waals surface area contributed by atoms with Gasteiger partial charge in [0.15, 0.2) is 0 Å². The quantitative estimate of drug-likeness (QED) is 0.814. The Kier molecular flexibility index (Phi) is 5.75. The molecule has 0 atom stereocenters. The number of nitrogens with one attached hydrogen (secondary N) is 1. The molecule has 0 unspecified atom stereocenters. The van der Waals surface area contributed by atoms with Crippen molar-refractivity contribution in [3.05, 3.63) is 28.2 Å². The summed E-state index contributed by atoms with van der Waals surface area (Å²) in [6.45, 7) is 4.19. The lowest BCUT2D eigenvalue weighted by Gasteiger charge is -2.09. The molecule has 0 fully saturated rings. The third-order valence-corrected chi connectivity index (χ3v) is 3.37. The number of thiocarbonyl (C=S) groups is 1. The Hall–Kier alpha value is -0.940. The van der Waals surface area contributed by atoms with Crippen molar-refractivity contribution in [2.75, 3.05) is 5.32 Å². The molecule has 3 nitrogen and oxygen atoms in total. The third-order valence-electron chi connectivity index (χ3n) is 2.48. The maximum Gasteiger partial charge on any atom is 0.224 e. The molecule has 0 saturated heterocycles. The van der Waals surface area contributed by atoms with E-state index in [9.17, 15) is 4.79 Å². The number of amides is 1. The van der Waals surface area contributed by atoms with Gasteiger partial charge < -0.3 is 11.1 Å². The highest BCUT2D eigenvalue weighted by Crippen LogP contribution is 2.24. The van der Waals surface area contributed by atoms with Crippen molar-refractivity contribution in [1.82, 2.24) is 0 Å². The van der Waals surface area contributed by atoms with Crippen molar-refractivity contribution in [2.45, 2.75) is 26.7 Å². The van der Waals surface area contributed by atoms with E-state index in [2.05, 4.69) is 35.1 Å². The van der Waals surface area contributed by atoms with Gasteiger partial charge in [-0.3, -0.25) is 4.79 Å². The molecule has 0 bridgehead atoms. The largest absolute Gasteiger partial charge is 0.389 e. The second-order valence-corrected chi connectivity index (χ2v) is 5.83. The van der Waals surface area contributed by atoms with Crippen molar-refractivity contribution in [3.63, 3.8) is 0 Å². The fourth-order valence-electron chi connectivity index (χ4n) is 1.40. The molecule has 1 aromatic rings. The number of nitrogens with two attached hydrogens (primary N) is 1. The molecule has 18 heavy (non-hydrogen) atoms. The average molecular weight is 329 g/mol. The summed E-state index contributed by atoms with van der Waals surface area (Å²) in [5, 5.41) is 2.86. The van der Waals surface area contributed by atoms with Gasteiger partial charge in [-0.05, 0) is 46.5 Å². The highest BCUT2D eigenvalue weighted by molar-refractivity contribution is 9.10. The summed E-state index contributed by atoms with van der Waals surface area (Å²) in [4.78, 5) is 12.0. The lowest BCUT2D eigenvalue weighted by molar-refractivity contribution is -0.116. The van der Waals surface area contributed by atoms with E-state index in [0.717, 1.165) is 22.1 Å². The van der Waals surface area contributed by atoms with Crippen LogP contribution >= 0.6 is 28.1 Å². The monoisotopic (exact) mass is 328 g/mol. The van der Waals surface area contributed by atoms with Crippen molar-refractivity contribution in [2.24, 2.45) is 11.7 Å². The van der Waals surface area contributed by atoms with Crippen LogP contribution in [0.5, 0.6) is 0 Å². The molecule has 0 aliphatic heterocycles. The summed E-state index contributed by atoms with van der Waals surface area (Å²) in [6, 6.07) is 5.40. The third kappa shape index (κ3) is 4.74. The van der Waals surface area contributed by atoms with E-state index < -0.39 is 0 Å². The molecule has 5 heteroatoms. The minimum Gasteiger partial charge on any atom is -0.389 e. The molecule has 1 amide bonds. The Morgan fingerprint density at radius 3 is 2.67 bits per heavy atom. The number of halogens is 1. The lowest BCUT2D eigenvalue weighted by atomic mass is 10.1. The Labute approximate surface area is 121 Å². The van der Waals surface area contributed by atoms with E-state index >= 15 is 0 Å². The fourth-order valence-corrected chi connectivity index (χ4v) is 2.01. The van der Waals surface area contributed by atoms with Gasteiger partial charge in [-0.25, -0.2) is 0 Å². The molecule has 0 radical (unpaired) electrons. The van der Waals surface area contributed by atoms with E-state index in [-0.39, 0.29) is 5.91 Å². The zero-order valence-electron chi connectivity index (χ0n) is 10.5. The molecule has 1 rings (SSSR count). The van der Waals surface area contributed by atoms with E-state index in [1.165, 1.54) is 0 Å². The zero-order chi connectivity index (χ0) is 13.7. The van der Waals surface area contributed by atoms with Crippen LogP contribution in [0.4, 0.5) is 5.69 Å². The molecule has 0 saturated carbocycles. The SMILES string of the molecule is CC(C)CCC(=O)Nc1ccc(C(N)=S)cc1Br. The van der Waals surface area contributed by atoms with Crippen LogP contribution in [-0.4, -0.2) is 10.9 Å². The Morgan fingerprint density at radius 2 is 2.17 bits per heavy atom. The second kappa shape index (κ2) is 6.85. The Morgan fingerprint density at radius 1 is 1.50 bits per heavy atom. The van der Waals surface area contributed by atoms with Crippen molar-refractivity contribution >= 4 is 44.7 Å². The summed E-state index contributed by atoms with van der Waals surface area (Å²) in [7, 11) is 0. The van der Waals surface area contributed by atoms with Gasteiger partial charge in [-0.1, -0.05) is 26.1 Å². The minimum atomic E-state index is 0.0208. The first kappa shape index (κ1) is 15.1. The van der Waals surface area contributed by atoms with Crippen LogP contribution < -0.4 is 11.1 Å². The first-order valence-electron chi connectivity index (χ1n) is 5.79. The van der Waals surface area contributed by atoms with Crippen molar-refractivity contribution in [1.29, 1.82) is 0 Å². The number of hydrogen-bond acceptors (Lipinski definition) is 2. The van der Waals surface area contributed by atoms with Crippen LogP contribution in [0.2, 0.25) is 0 Å². The Balaban J connectivity index is 2.68. The van der Waals surface area contributed by atoms with E-state index in [0.29, 0.717) is 17.3 Å². The van der Waals surface area contributed by atoms with Crippen LogP contribution in [-0.2, 0) is 4.79 Å². The average Bonchev–Trinajstić information content (AvgIpc) is 2.29. The summed E-state index contributed by atoms with van der Waals surface area (Å²) in [5.74, 6) is 0.545. The van der Waals surface area contributed by atoms with Crippen LogP contribution in [0.1, 0.15) is 32.3 Å². The molecule has 98 valence electrons. The van der Waals surface area contributed by atoms with Crippen LogP contribution in [0.3, 0.4) is 0 Å². The zero-order valence-corrected chi connectivity index (χ0v) is 12.9. The summed E-state index contributed by atoms with van der Waals surface area (Å²) >= 11 is 8.29. The predicted octanol–water partition coefficient (Wildman–Crippen LogP) is 3.46. The van der Waals surface area contributed by atoms with E-state index in [4.69, 9.17) is 18.0 Å². The molecule has 1 aromatic carbocycles. The smallest absolute Gasteiger partial charge is 0.224 e. The van der Waals surface area contributed by atoms with Gasteiger partial charge in [0.25, 0.3) is 0 Å². The first-order chi connectivity index (χ1) is 8.40. The van der Waals surface area contributed by atoms with Gasteiger partial charge in [0.2, 0.25) is 5.91 Å². The van der Waals surface area contributed by atoms with Crippen molar-refractivity contribution < 1.29 is 4.79 Å². The normalized spacial score (nSPS) is 10.4. The predicted molar refractivity (Wildman–Crippen MR) is 82.7 cm³/mol. The molecule has 0 aromatic heterocycles. The van der Waals surface area contributed by atoms with Crippen LogP contribution in [0.15, 0.2) is 22.7 Å².